The SMILES string of the molecule is OC1CCC(O)(c2ccccc2C(F)(F)F)CC1. The number of alkyl halides is 3. The average Bonchev–Trinajstić information content (AvgIpc) is 2.32. The Morgan fingerprint density at radius 1 is 1.11 bits per heavy atom. The molecule has 0 amide bonds. The zero-order valence-corrected chi connectivity index (χ0v) is 9.74. The van der Waals surface area contributed by atoms with E-state index in [1.165, 1.54) is 18.2 Å². The smallest absolute Gasteiger partial charge is 0.393 e. The second kappa shape index (κ2) is 4.55. The minimum atomic E-state index is -4.47. The Morgan fingerprint density at radius 3 is 2.22 bits per heavy atom. The third-order valence-electron chi connectivity index (χ3n) is 3.52. The summed E-state index contributed by atoms with van der Waals surface area (Å²) in [6.07, 6.45) is -4.04. The Morgan fingerprint density at radius 2 is 1.67 bits per heavy atom. The lowest BCUT2D eigenvalue weighted by molar-refractivity contribution is -0.142. The second-order valence-corrected chi connectivity index (χ2v) is 4.81. The van der Waals surface area contributed by atoms with Gasteiger partial charge in [0.05, 0.1) is 17.3 Å². The summed E-state index contributed by atoms with van der Waals surface area (Å²) in [6.45, 7) is 0. The molecule has 1 aromatic rings. The molecule has 0 aliphatic heterocycles. The van der Waals surface area contributed by atoms with Crippen molar-refractivity contribution in [3.05, 3.63) is 35.4 Å². The van der Waals surface area contributed by atoms with Gasteiger partial charge in [-0.2, -0.15) is 13.2 Å². The van der Waals surface area contributed by atoms with Gasteiger partial charge in [-0.15, -0.1) is 0 Å². The van der Waals surface area contributed by atoms with Crippen LogP contribution in [0.25, 0.3) is 0 Å². The number of halogens is 3. The van der Waals surface area contributed by atoms with Crippen LogP contribution in [0.5, 0.6) is 0 Å². The molecule has 1 aliphatic rings. The topological polar surface area (TPSA) is 40.5 Å². The first kappa shape index (κ1) is 13.4. The van der Waals surface area contributed by atoms with Gasteiger partial charge in [0.1, 0.15) is 0 Å². The van der Waals surface area contributed by atoms with Crippen LogP contribution in [0.15, 0.2) is 24.3 Å². The van der Waals surface area contributed by atoms with E-state index in [9.17, 15) is 23.4 Å². The van der Waals surface area contributed by atoms with E-state index in [4.69, 9.17) is 0 Å². The normalized spacial score (nSPS) is 29.3. The highest BCUT2D eigenvalue weighted by molar-refractivity contribution is 5.35. The molecule has 5 heteroatoms. The van der Waals surface area contributed by atoms with Crippen molar-refractivity contribution in [3.63, 3.8) is 0 Å². The molecule has 0 saturated heterocycles. The maximum atomic E-state index is 12.9. The van der Waals surface area contributed by atoms with Crippen LogP contribution in [-0.2, 0) is 11.8 Å². The van der Waals surface area contributed by atoms with Gasteiger partial charge in [0.25, 0.3) is 0 Å². The minimum Gasteiger partial charge on any atom is -0.393 e. The average molecular weight is 260 g/mol. The lowest BCUT2D eigenvalue weighted by Gasteiger charge is -2.36. The summed E-state index contributed by atoms with van der Waals surface area (Å²) in [5, 5.41) is 19.8. The van der Waals surface area contributed by atoms with Gasteiger partial charge in [-0.1, -0.05) is 18.2 Å². The molecule has 0 heterocycles. The molecule has 2 nitrogen and oxygen atoms in total. The Hall–Kier alpha value is -1.07. The number of benzene rings is 1. The molecule has 0 bridgehead atoms. The molecule has 18 heavy (non-hydrogen) atoms. The van der Waals surface area contributed by atoms with Crippen LogP contribution in [0.4, 0.5) is 13.2 Å². The maximum absolute atomic E-state index is 12.9. The van der Waals surface area contributed by atoms with Crippen LogP contribution in [0, 0.1) is 0 Å². The highest BCUT2D eigenvalue weighted by atomic mass is 19.4. The molecule has 2 rings (SSSR count). The Kier molecular flexibility index (Phi) is 3.38. The van der Waals surface area contributed by atoms with Gasteiger partial charge >= 0.3 is 6.18 Å². The molecule has 1 fully saturated rings. The van der Waals surface area contributed by atoms with Crippen molar-refractivity contribution in [1.82, 2.24) is 0 Å². The van der Waals surface area contributed by atoms with Crippen molar-refractivity contribution < 1.29 is 23.4 Å². The van der Waals surface area contributed by atoms with Gasteiger partial charge in [0.15, 0.2) is 0 Å². The summed E-state index contributed by atoms with van der Waals surface area (Å²) in [6, 6.07) is 5.11. The van der Waals surface area contributed by atoms with E-state index in [1.807, 2.05) is 0 Å². The monoisotopic (exact) mass is 260 g/mol. The lowest BCUT2D eigenvalue weighted by Crippen LogP contribution is -2.35. The van der Waals surface area contributed by atoms with E-state index in [1.54, 1.807) is 0 Å². The van der Waals surface area contributed by atoms with Gasteiger partial charge in [-0.3, -0.25) is 0 Å². The summed E-state index contributed by atoms with van der Waals surface area (Å²) < 4.78 is 38.7. The number of aliphatic hydroxyl groups is 2. The van der Waals surface area contributed by atoms with Gasteiger partial charge in [0.2, 0.25) is 0 Å². The Bertz CT molecular complexity index is 420. The van der Waals surface area contributed by atoms with Crippen molar-refractivity contribution >= 4 is 0 Å². The summed E-state index contributed by atoms with van der Waals surface area (Å²) in [7, 11) is 0. The first-order valence-electron chi connectivity index (χ1n) is 5.90. The fraction of sp³-hybridized carbons (Fsp3) is 0.538. The van der Waals surface area contributed by atoms with E-state index in [0.717, 1.165) is 6.07 Å². The van der Waals surface area contributed by atoms with Gasteiger partial charge in [-0.25, -0.2) is 0 Å². The van der Waals surface area contributed by atoms with Crippen molar-refractivity contribution in [3.8, 4) is 0 Å². The first-order chi connectivity index (χ1) is 8.33. The highest BCUT2D eigenvalue weighted by Crippen LogP contribution is 2.43. The summed E-state index contributed by atoms with van der Waals surface area (Å²) in [5.41, 5.74) is -2.35. The number of rotatable bonds is 1. The van der Waals surface area contributed by atoms with E-state index >= 15 is 0 Å². The van der Waals surface area contributed by atoms with Crippen molar-refractivity contribution in [2.75, 3.05) is 0 Å². The van der Waals surface area contributed by atoms with Gasteiger partial charge in [0, 0.05) is 0 Å². The first-order valence-corrected chi connectivity index (χ1v) is 5.90. The van der Waals surface area contributed by atoms with Gasteiger partial charge < -0.3 is 10.2 Å². The zero-order valence-electron chi connectivity index (χ0n) is 9.74. The number of hydrogen-bond acceptors (Lipinski definition) is 2. The molecule has 1 saturated carbocycles. The van der Waals surface area contributed by atoms with Crippen LogP contribution in [0.1, 0.15) is 36.8 Å². The standard InChI is InChI=1S/C13H15F3O2/c14-13(15,16)11-4-2-1-3-10(11)12(18)7-5-9(17)6-8-12/h1-4,9,17-18H,5-8H2. The molecular weight excluding hydrogens is 245 g/mol. The van der Waals surface area contributed by atoms with Crippen molar-refractivity contribution in [2.24, 2.45) is 0 Å². The van der Waals surface area contributed by atoms with Crippen LogP contribution in [-0.4, -0.2) is 16.3 Å². The predicted octanol–water partition coefficient (Wildman–Crippen LogP) is 2.83. The number of aliphatic hydroxyl groups excluding tert-OH is 1. The summed E-state index contributed by atoms with van der Waals surface area (Å²) in [4.78, 5) is 0. The molecule has 0 radical (unpaired) electrons. The van der Waals surface area contributed by atoms with Crippen LogP contribution < -0.4 is 0 Å². The number of hydrogen-bond donors (Lipinski definition) is 2. The van der Waals surface area contributed by atoms with Crippen molar-refractivity contribution in [2.45, 2.75) is 43.6 Å². The Balaban J connectivity index is 2.39. The lowest BCUT2D eigenvalue weighted by atomic mass is 9.77. The summed E-state index contributed by atoms with van der Waals surface area (Å²) in [5.74, 6) is 0. The van der Waals surface area contributed by atoms with Crippen LogP contribution in [0.2, 0.25) is 0 Å². The van der Waals surface area contributed by atoms with E-state index in [-0.39, 0.29) is 18.4 Å². The molecule has 100 valence electrons. The van der Waals surface area contributed by atoms with Crippen LogP contribution >= 0.6 is 0 Å². The molecule has 1 aliphatic carbocycles. The molecular formula is C13H15F3O2. The Labute approximate surface area is 103 Å². The predicted molar refractivity (Wildman–Crippen MR) is 59.8 cm³/mol. The van der Waals surface area contributed by atoms with Gasteiger partial charge in [-0.05, 0) is 37.3 Å². The fourth-order valence-electron chi connectivity index (χ4n) is 2.49. The molecule has 0 aromatic heterocycles. The van der Waals surface area contributed by atoms with Crippen molar-refractivity contribution in [1.29, 1.82) is 0 Å². The van der Waals surface area contributed by atoms with Crippen LogP contribution in [0.3, 0.4) is 0 Å². The minimum absolute atomic E-state index is 0.0793. The molecule has 0 atom stereocenters. The fourth-order valence-corrected chi connectivity index (χ4v) is 2.49. The summed E-state index contributed by atoms with van der Waals surface area (Å²) >= 11 is 0. The quantitative estimate of drug-likeness (QED) is 0.815. The third-order valence-corrected chi connectivity index (χ3v) is 3.52. The largest absolute Gasteiger partial charge is 0.416 e. The molecule has 0 spiro atoms. The van der Waals surface area contributed by atoms with E-state index in [2.05, 4.69) is 0 Å². The zero-order chi connectivity index (χ0) is 13.4. The highest BCUT2D eigenvalue weighted by Gasteiger charge is 2.42. The maximum Gasteiger partial charge on any atom is 0.416 e. The third kappa shape index (κ3) is 2.52. The second-order valence-electron chi connectivity index (χ2n) is 4.81. The van der Waals surface area contributed by atoms with E-state index in [0.29, 0.717) is 12.8 Å². The molecule has 0 unspecified atom stereocenters. The van der Waals surface area contributed by atoms with E-state index < -0.39 is 23.4 Å². The molecule has 2 N–H and O–H groups in total. The molecule has 1 aromatic carbocycles.